The van der Waals surface area contributed by atoms with Crippen molar-refractivity contribution in [3.05, 3.63) is 64.8 Å². The predicted octanol–water partition coefficient (Wildman–Crippen LogP) is 6.80. The third kappa shape index (κ3) is 3.63. The maximum absolute atomic E-state index is 13.2. The smallest absolute Gasteiger partial charge is 0.354 e. The molecule has 0 aliphatic heterocycles. The number of rotatable bonds is 2. The van der Waals surface area contributed by atoms with Crippen LogP contribution in [0, 0.1) is 0 Å². The maximum atomic E-state index is 13.2. The van der Waals surface area contributed by atoms with Crippen molar-refractivity contribution in [3.8, 4) is 0 Å². The Hall–Kier alpha value is -2.43. The van der Waals surface area contributed by atoms with Gasteiger partial charge in [-0.3, -0.25) is 0 Å². The van der Waals surface area contributed by atoms with Gasteiger partial charge in [0.05, 0.1) is 19.3 Å². The quantitative estimate of drug-likeness (QED) is 0.351. The Morgan fingerprint density at radius 3 is 2.52 bits per heavy atom. The molecule has 0 fully saturated rings. The summed E-state index contributed by atoms with van der Waals surface area (Å²) < 4.78 is 41.7. The van der Waals surface area contributed by atoms with Gasteiger partial charge in [0.1, 0.15) is 0 Å². The number of H-pyrrole nitrogens is 1. The lowest BCUT2D eigenvalue weighted by molar-refractivity contribution is -0.137. The molecule has 2 aromatic heterocycles. The zero-order valence-corrected chi connectivity index (χ0v) is 18.2. The van der Waals surface area contributed by atoms with Gasteiger partial charge < -0.3 is 9.55 Å². The maximum Gasteiger partial charge on any atom is 0.416 e. The van der Waals surface area contributed by atoms with Crippen LogP contribution in [0.1, 0.15) is 35.4 Å². The molecule has 4 rings (SSSR count). The van der Waals surface area contributed by atoms with Crippen molar-refractivity contribution < 1.29 is 13.2 Å². The summed E-state index contributed by atoms with van der Waals surface area (Å²) in [6.07, 6.45) is 0.294. The molecule has 29 heavy (non-hydrogen) atoms. The van der Waals surface area contributed by atoms with Gasteiger partial charge in [-0.1, -0.05) is 19.6 Å². The number of aromatic amines is 1. The van der Waals surface area contributed by atoms with E-state index >= 15 is 0 Å². The van der Waals surface area contributed by atoms with Crippen LogP contribution in [0.5, 0.6) is 0 Å². The SMILES string of the molecule is Cn1cccc1C(=C=C1CCCc2c1[nH]c1ccc(C(F)(F)F)cc21)[Si](C)(C)C. The molecule has 0 saturated carbocycles. The van der Waals surface area contributed by atoms with Gasteiger partial charge in [0.2, 0.25) is 0 Å². The Morgan fingerprint density at radius 1 is 1.14 bits per heavy atom. The standard InChI is InChI=1S/C23H25F3N2Si/c1-28-12-6-9-20(28)21(29(2,3)4)13-15-7-5-8-17-18-14-16(23(24,25)26)10-11-19(18)27-22(15)17/h6,9-12,14,27H,5,7-8H2,1-4H3. The summed E-state index contributed by atoms with van der Waals surface area (Å²) >= 11 is 0. The molecular weight excluding hydrogens is 389 g/mol. The third-order valence-corrected chi connectivity index (χ3v) is 7.50. The number of aryl methyl sites for hydroxylation is 2. The van der Waals surface area contributed by atoms with Gasteiger partial charge in [-0.25, -0.2) is 0 Å². The van der Waals surface area contributed by atoms with Crippen LogP contribution in [-0.4, -0.2) is 17.6 Å². The van der Waals surface area contributed by atoms with E-state index in [-0.39, 0.29) is 0 Å². The minimum Gasteiger partial charge on any atom is -0.354 e. The van der Waals surface area contributed by atoms with E-state index in [1.54, 1.807) is 6.07 Å². The first-order chi connectivity index (χ1) is 13.6. The van der Waals surface area contributed by atoms with Crippen molar-refractivity contribution in [1.82, 2.24) is 9.55 Å². The summed E-state index contributed by atoms with van der Waals surface area (Å²) in [5.74, 6) is 0. The lowest BCUT2D eigenvalue weighted by Crippen LogP contribution is -2.23. The second-order valence-electron chi connectivity index (χ2n) is 8.82. The summed E-state index contributed by atoms with van der Waals surface area (Å²) in [6.45, 7) is 6.90. The molecule has 0 amide bonds. The molecule has 1 aliphatic carbocycles. The molecule has 0 unspecified atom stereocenters. The van der Waals surface area contributed by atoms with Gasteiger partial charge in [0, 0.05) is 40.6 Å². The molecule has 1 aliphatic rings. The number of aromatic nitrogens is 2. The Balaban J connectivity index is 1.96. The first kappa shape index (κ1) is 19.9. The van der Waals surface area contributed by atoms with Crippen LogP contribution in [0.2, 0.25) is 19.6 Å². The zero-order valence-electron chi connectivity index (χ0n) is 17.2. The van der Waals surface area contributed by atoms with Gasteiger partial charge in [-0.2, -0.15) is 13.2 Å². The number of nitrogens with one attached hydrogen (secondary N) is 1. The van der Waals surface area contributed by atoms with E-state index < -0.39 is 19.8 Å². The minimum absolute atomic E-state index is 0.593. The first-order valence-electron chi connectivity index (χ1n) is 9.90. The normalized spacial score (nSPS) is 14.8. The summed E-state index contributed by atoms with van der Waals surface area (Å²) in [6, 6.07) is 8.14. The van der Waals surface area contributed by atoms with Crippen molar-refractivity contribution >= 4 is 29.7 Å². The van der Waals surface area contributed by atoms with E-state index in [2.05, 4.69) is 41.0 Å². The van der Waals surface area contributed by atoms with Crippen molar-refractivity contribution in [3.63, 3.8) is 0 Å². The van der Waals surface area contributed by atoms with E-state index in [0.717, 1.165) is 47.7 Å². The highest BCUT2D eigenvalue weighted by Crippen LogP contribution is 2.39. The molecular formula is C23H25F3N2Si. The van der Waals surface area contributed by atoms with Crippen LogP contribution in [0.15, 0.2) is 42.3 Å². The fourth-order valence-corrected chi connectivity index (χ4v) is 5.69. The predicted molar refractivity (Wildman–Crippen MR) is 115 cm³/mol. The lowest BCUT2D eigenvalue weighted by atomic mass is 9.91. The Bertz CT molecular complexity index is 1150. The number of halogens is 3. The number of benzene rings is 1. The second-order valence-corrected chi connectivity index (χ2v) is 13.8. The summed E-state index contributed by atoms with van der Waals surface area (Å²) in [7, 11) is 0.338. The molecule has 0 radical (unpaired) electrons. The number of fused-ring (bicyclic) bond motifs is 3. The van der Waals surface area contributed by atoms with Crippen LogP contribution < -0.4 is 0 Å². The number of nitrogens with zero attached hydrogens (tertiary/aromatic N) is 1. The van der Waals surface area contributed by atoms with Crippen LogP contribution >= 0.6 is 0 Å². The van der Waals surface area contributed by atoms with Crippen LogP contribution in [0.4, 0.5) is 13.2 Å². The summed E-state index contributed by atoms with van der Waals surface area (Å²) in [4.78, 5) is 3.39. The molecule has 2 nitrogen and oxygen atoms in total. The molecule has 0 saturated heterocycles. The largest absolute Gasteiger partial charge is 0.416 e. The fraction of sp³-hybridized carbons (Fsp3) is 0.348. The molecule has 6 heteroatoms. The van der Waals surface area contributed by atoms with E-state index in [4.69, 9.17) is 0 Å². The molecule has 0 atom stereocenters. The van der Waals surface area contributed by atoms with Gasteiger partial charge >= 0.3 is 6.18 Å². The number of hydrogen-bond donors (Lipinski definition) is 1. The second kappa shape index (κ2) is 6.82. The highest BCUT2D eigenvalue weighted by atomic mass is 28.3. The Kier molecular flexibility index (Phi) is 4.67. The minimum atomic E-state index is -4.33. The van der Waals surface area contributed by atoms with Crippen LogP contribution in [0.25, 0.3) is 21.7 Å². The van der Waals surface area contributed by atoms with Gasteiger partial charge in [0.25, 0.3) is 0 Å². The van der Waals surface area contributed by atoms with Crippen LogP contribution in [0.3, 0.4) is 0 Å². The van der Waals surface area contributed by atoms with E-state index in [1.807, 2.05) is 19.3 Å². The third-order valence-electron chi connectivity index (χ3n) is 5.61. The monoisotopic (exact) mass is 414 g/mol. The van der Waals surface area contributed by atoms with Gasteiger partial charge in [-0.05, 0) is 55.2 Å². The molecule has 1 aromatic carbocycles. The Labute approximate surface area is 169 Å². The van der Waals surface area contributed by atoms with Crippen molar-refractivity contribution in [1.29, 1.82) is 0 Å². The zero-order chi connectivity index (χ0) is 21.0. The van der Waals surface area contributed by atoms with Crippen molar-refractivity contribution in [2.75, 3.05) is 0 Å². The van der Waals surface area contributed by atoms with E-state index in [1.165, 1.54) is 17.0 Å². The number of allylic oxidation sites excluding steroid dienone is 1. The molecule has 0 bridgehead atoms. The lowest BCUT2D eigenvalue weighted by Gasteiger charge is -2.21. The van der Waals surface area contributed by atoms with E-state index in [9.17, 15) is 13.2 Å². The van der Waals surface area contributed by atoms with Gasteiger partial charge in [-0.15, -0.1) is 5.73 Å². The average molecular weight is 415 g/mol. The topological polar surface area (TPSA) is 20.7 Å². The highest BCUT2D eigenvalue weighted by Gasteiger charge is 2.31. The van der Waals surface area contributed by atoms with Crippen molar-refractivity contribution in [2.45, 2.75) is 45.1 Å². The molecule has 1 N–H and O–H groups in total. The average Bonchev–Trinajstić information content (AvgIpc) is 3.21. The molecule has 152 valence electrons. The highest BCUT2D eigenvalue weighted by molar-refractivity contribution is 6.93. The molecule has 2 heterocycles. The molecule has 0 spiro atoms. The Morgan fingerprint density at radius 2 is 1.90 bits per heavy atom. The summed E-state index contributed by atoms with van der Waals surface area (Å²) in [5.41, 5.74) is 8.08. The van der Waals surface area contributed by atoms with Crippen molar-refractivity contribution in [2.24, 2.45) is 7.05 Å². The number of hydrogen-bond acceptors (Lipinski definition) is 0. The molecule has 3 aromatic rings. The van der Waals surface area contributed by atoms with Gasteiger partial charge in [0.15, 0.2) is 0 Å². The first-order valence-corrected chi connectivity index (χ1v) is 13.4. The van der Waals surface area contributed by atoms with Crippen LogP contribution in [-0.2, 0) is 19.6 Å². The fourth-order valence-electron chi connectivity index (χ4n) is 4.14. The number of alkyl halides is 3. The van der Waals surface area contributed by atoms with E-state index in [0.29, 0.717) is 5.39 Å². The summed E-state index contributed by atoms with van der Waals surface area (Å²) in [5, 5.41) is 1.92.